The number of ether oxygens (including phenoxy) is 1. The molecule has 0 aromatic heterocycles. The normalized spacial score (nSPS) is 17.1. The molecule has 0 aliphatic carbocycles. The van der Waals surface area contributed by atoms with Gasteiger partial charge in [-0.1, -0.05) is 0 Å². The van der Waals surface area contributed by atoms with Crippen molar-refractivity contribution in [3.63, 3.8) is 0 Å². The topological polar surface area (TPSA) is 58.8 Å². The Labute approximate surface area is 118 Å². The molecule has 1 heterocycles. The summed E-state index contributed by atoms with van der Waals surface area (Å²) < 4.78 is 18.6. The lowest BCUT2D eigenvalue weighted by atomic mass is 10.2. The molecule has 5 nitrogen and oxygen atoms in total. The van der Waals surface area contributed by atoms with E-state index in [-0.39, 0.29) is 17.9 Å². The smallest absolute Gasteiger partial charge is 0.341 e. The van der Waals surface area contributed by atoms with Crippen LogP contribution in [0.4, 0.5) is 10.1 Å². The van der Waals surface area contributed by atoms with Gasteiger partial charge in [0, 0.05) is 38.4 Å². The standard InChI is InChI=1S/C14H20FN3O2/c1-17-4-6-18(7-5-17)8-9-20-14(19)12-3-2-11(16)10-13(12)15/h2-3,10H,4-9,16H2,1H3. The molecule has 2 rings (SSSR count). The molecule has 1 fully saturated rings. The number of anilines is 1. The number of nitrogens with zero attached hydrogens (tertiary/aromatic N) is 2. The maximum Gasteiger partial charge on any atom is 0.341 e. The molecule has 20 heavy (non-hydrogen) atoms. The van der Waals surface area contributed by atoms with Gasteiger partial charge in [0.1, 0.15) is 12.4 Å². The third kappa shape index (κ3) is 3.91. The van der Waals surface area contributed by atoms with Crippen molar-refractivity contribution in [3.8, 4) is 0 Å². The van der Waals surface area contributed by atoms with Crippen molar-refractivity contribution in [1.29, 1.82) is 0 Å². The van der Waals surface area contributed by atoms with Crippen LogP contribution in [0.2, 0.25) is 0 Å². The first-order valence-electron chi connectivity index (χ1n) is 6.69. The van der Waals surface area contributed by atoms with E-state index < -0.39 is 11.8 Å². The van der Waals surface area contributed by atoms with Gasteiger partial charge >= 0.3 is 5.97 Å². The molecule has 1 saturated heterocycles. The Morgan fingerprint density at radius 1 is 1.35 bits per heavy atom. The van der Waals surface area contributed by atoms with E-state index in [4.69, 9.17) is 10.5 Å². The van der Waals surface area contributed by atoms with Crippen LogP contribution >= 0.6 is 0 Å². The van der Waals surface area contributed by atoms with Crippen LogP contribution < -0.4 is 5.73 Å². The van der Waals surface area contributed by atoms with E-state index in [1.807, 2.05) is 0 Å². The largest absolute Gasteiger partial charge is 0.461 e. The minimum absolute atomic E-state index is 0.0717. The van der Waals surface area contributed by atoms with Gasteiger partial charge in [-0.15, -0.1) is 0 Å². The average Bonchev–Trinajstić information content (AvgIpc) is 2.41. The molecular weight excluding hydrogens is 261 g/mol. The van der Waals surface area contributed by atoms with Crippen LogP contribution in [-0.4, -0.2) is 62.1 Å². The summed E-state index contributed by atoms with van der Waals surface area (Å²) >= 11 is 0. The van der Waals surface area contributed by atoms with Crippen LogP contribution in [0.15, 0.2) is 18.2 Å². The van der Waals surface area contributed by atoms with Gasteiger partial charge in [-0.2, -0.15) is 0 Å². The zero-order chi connectivity index (χ0) is 14.5. The highest BCUT2D eigenvalue weighted by atomic mass is 19.1. The lowest BCUT2D eigenvalue weighted by Crippen LogP contribution is -2.45. The number of hydrogen-bond donors (Lipinski definition) is 1. The number of likely N-dealkylation sites (N-methyl/N-ethyl adjacent to an activating group) is 1. The zero-order valence-electron chi connectivity index (χ0n) is 11.6. The molecule has 0 saturated carbocycles. The van der Waals surface area contributed by atoms with Crippen molar-refractivity contribution in [1.82, 2.24) is 9.80 Å². The number of nitrogen functional groups attached to an aromatic ring is 1. The fourth-order valence-electron chi connectivity index (χ4n) is 2.11. The van der Waals surface area contributed by atoms with Gasteiger partial charge in [0.15, 0.2) is 0 Å². The number of nitrogens with two attached hydrogens (primary N) is 1. The van der Waals surface area contributed by atoms with Crippen LogP contribution in [0.1, 0.15) is 10.4 Å². The fourth-order valence-corrected chi connectivity index (χ4v) is 2.11. The first-order chi connectivity index (χ1) is 9.56. The molecule has 1 aromatic rings. The maximum atomic E-state index is 13.5. The minimum Gasteiger partial charge on any atom is -0.461 e. The summed E-state index contributed by atoms with van der Waals surface area (Å²) in [4.78, 5) is 16.2. The van der Waals surface area contributed by atoms with E-state index in [0.29, 0.717) is 6.54 Å². The predicted octanol–water partition coefficient (Wildman–Crippen LogP) is 0.812. The second kappa shape index (κ2) is 6.67. The van der Waals surface area contributed by atoms with Crippen LogP contribution in [0.3, 0.4) is 0 Å². The van der Waals surface area contributed by atoms with Crippen LogP contribution in [-0.2, 0) is 4.74 Å². The summed E-state index contributed by atoms with van der Waals surface area (Å²) in [5.41, 5.74) is 5.65. The maximum absolute atomic E-state index is 13.5. The number of carbonyl (C=O) groups is 1. The number of halogens is 1. The third-order valence-corrected chi connectivity index (χ3v) is 3.45. The number of hydrogen-bond acceptors (Lipinski definition) is 5. The molecule has 0 unspecified atom stereocenters. The first-order valence-corrected chi connectivity index (χ1v) is 6.69. The van der Waals surface area contributed by atoms with Crippen LogP contribution in [0.5, 0.6) is 0 Å². The Bertz CT molecular complexity index is 473. The molecule has 0 bridgehead atoms. The summed E-state index contributed by atoms with van der Waals surface area (Å²) in [5, 5.41) is 0. The van der Waals surface area contributed by atoms with Gasteiger partial charge in [0.05, 0.1) is 5.56 Å². The van der Waals surface area contributed by atoms with Crippen molar-refractivity contribution in [2.45, 2.75) is 0 Å². The average molecular weight is 281 g/mol. The van der Waals surface area contributed by atoms with Gasteiger partial charge in [0.25, 0.3) is 0 Å². The highest BCUT2D eigenvalue weighted by Gasteiger charge is 2.16. The lowest BCUT2D eigenvalue weighted by Gasteiger charge is -2.32. The number of benzene rings is 1. The van der Waals surface area contributed by atoms with Gasteiger partial charge in [-0.05, 0) is 25.2 Å². The predicted molar refractivity (Wildman–Crippen MR) is 75.0 cm³/mol. The van der Waals surface area contributed by atoms with Crippen molar-refractivity contribution in [3.05, 3.63) is 29.6 Å². The van der Waals surface area contributed by atoms with E-state index in [1.165, 1.54) is 12.1 Å². The summed E-state index contributed by atoms with van der Waals surface area (Å²) in [7, 11) is 2.08. The van der Waals surface area contributed by atoms with E-state index in [9.17, 15) is 9.18 Å². The number of carbonyl (C=O) groups excluding carboxylic acids is 1. The molecule has 0 radical (unpaired) electrons. The fraction of sp³-hybridized carbons (Fsp3) is 0.500. The summed E-state index contributed by atoms with van der Waals surface area (Å²) in [6.07, 6.45) is 0. The van der Waals surface area contributed by atoms with Crippen LogP contribution in [0, 0.1) is 5.82 Å². The highest BCUT2D eigenvalue weighted by molar-refractivity contribution is 5.90. The number of esters is 1. The van der Waals surface area contributed by atoms with Crippen molar-refractivity contribution >= 4 is 11.7 Å². The Hall–Kier alpha value is -1.66. The minimum atomic E-state index is -0.644. The third-order valence-electron chi connectivity index (χ3n) is 3.45. The van der Waals surface area contributed by atoms with E-state index in [2.05, 4.69) is 16.8 Å². The molecule has 6 heteroatoms. The lowest BCUT2D eigenvalue weighted by molar-refractivity contribution is 0.0427. The summed E-state index contributed by atoms with van der Waals surface area (Å²) in [6, 6.07) is 3.96. The Morgan fingerprint density at radius 2 is 2.05 bits per heavy atom. The van der Waals surface area contributed by atoms with Crippen molar-refractivity contribution < 1.29 is 13.9 Å². The molecule has 110 valence electrons. The van der Waals surface area contributed by atoms with E-state index in [1.54, 1.807) is 0 Å². The SMILES string of the molecule is CN1CCN(CCOC(=O)c2ccc(N)cc2F)CC1. The first kappa shape index (κ1) is 14.7. The molecular formula is C14H20FN3O2. The quantitative estimate of drug-likeness (QED) is 0.654. The van der Waals surface area contributed by atoms with Gasteiger partial charge in [-0.3, -0.25) is 4.90 Å². The molecule has 1 aliphatic rings. The molecule has 0 atom stereocenters. The van der Waals surface area contributed by atoms with Gasteiger partial charge in [0.2, 0.25) is 0 Å². The van der Waals surface area contributed by atoms with Gasteiger partial charge in [-0.25, -0.2) is 9.18 Å². The van der Waals surface area contributed by atoms with Crippen LogP contribution in [0.25, 0.3) is 0 Å². The summed E-state index contributed by atoms with van der Waals surface area (Å²) in [5.74, 6) is -1.29. The molecule has 2 N–H and O–H groups in total. The van der Waals surface area contributed by atoms with Gasteiger partial charge < -0.3 is 15.4 Å². The van der Waals surface area contributed by atoms with E-state index >= 15 is 0 Å². The molecule has 0 amide bonds. The zero-order valence-corrected chi connectivity index (χ0v) is 11.6. The molecule has 1 aromatic carbocycles. The van der Waals surface area contributed by atoms with Crippen molar-refractivity contribution in [2.24, 2.45) is 0 Å². The second-order valence-electron chi connectivity index (χ2n) is 5.02. The summed E-state index contributed by atoms with van der Waals surface area (Å²) in [6.45, 7) is 4.90. The monoisotopic (exact) mass is 281 g/mol. The molecule has 0 spiro atoms. The highest BCUT2D eigenvalue weighted by Crippen LogP contribution is 2.13. The molecule has 1 aliphatic heterocycles. The number of rotatable bonds is 4. The van der Waals surface area contributed by atoms with E-state index in [0.717, 1.165) is 32.2 Å². The Kier molecular flexibility index (Phi) is 4.92. The Balaban J connectivity index is 1.77. The van der Waals surface area contributed by atoms with Crippen molar-refractivity contribution in [2.75, 3.05) is 52.1 Å². The Morgan fingerprint density at radius 3 is 2.70 bits per heavy atom. The number of piperazine rings is 1. The second-order valence-corrected chi connectivity index (χ2v) is 5.02.